The summed E-state index contributed by atoms with van der Waals surface area (Å²) in [5, 5.41) is 0. The van der Waals surface area contributed by atoms with Crippen molar-refractivity contribution in [1.82, 2.24) is 18.6 Å². The number of rotatable bonds is 9. The molecule has 2 aromatic rings. The van der Waals surface area contributed by atoms with Crippen LogP contribution in [-0.4, -0.2) is 45.3 Å². The number of benzene rings is 1. The third-order valence-corrected chi connectivity index (χ3v) is 5.67. The summed E-state index contributed by atoms with van der Waals surface area (Å²) >= 11 is 0. The molecule has 1 aliphatic rings. The van der Waals surface area contributed by atoms with Gasteiger partial charge in [0.1, 0.15) is 18.0 Å². The van der Waals surface area contributed by atoms with E-state index in [1.807, 2.05) is 6.07 Å². The maximum atomic E-state index is 13.3. The Hall–Kier alpha value is -3.82. The first-order valence-corrected chi connectivity index (χ1v) is 10.6. The molecule has 1 fully saturated rings. The zero-order chi connectivity index (χ0) is 24.1. The molecule has 1 unspecified atom stereocenters. The SMILES string of the molecule is C=CCn1c(=O)n(CC=C)c(=O)n(CC(=O)N2CCCC2c2cc(OC)ccc2OC)c1=O. The van der Waals surface area contributed by atoms with Gasteiger partial charge in [-0.05, 0) is 31.0 Å². The van der Waals surface area contributed by atoms with Crippen LogP contribution >= 0.6 is 0 Å². The zero-order valence-corrected chi connectivity index (χ0v) is 18.9. The summed E-state index contributed by atoms with van der Waals surface area (Å²) < 4.78 is 13.3. The third kappa shape index (κ3) is 4.55. The van der Waals surface area contributed by atoms with Gasteiger partial charge in [0.25, 0.3) is 0 Å². The summed E-state index contributed by atoms with van der Waals surface area (Å²) in [6, 6.07) is 5.07. The minimum absolute atomic E-state index is 0.0867. The third-order valence-electron chi connectivity index (χ3n) is 5.67. The van der Waals surface area contributed by atoms with E-state index in [-0.39, 0.29) is 19.1 Å². The molecule has 10 heteroatoms. The molecule has 0 spiro atoms. The number of amides is 1. The largest absolute Gasteiger partial charge is 0.497 e. The molecule has 0 bridgehead atoms. The maximum Gasteiger partial charge on any atom is 0.337 e. The first kappa shape index (κ1) is 23.8. The highest BCUT2D eigenvalue weighted by atomic mass is 16.5. The predicted octanol–water partition coefficient (Wildman–Crippen LogP) is 0.925. The normalized spacial score (nSPS) is 15.3. The van der Waals surface area contributed by atoms with E-state index in [1.165, 1.54) is 12.2 Å². The van der Waals surface area contributed by atoms with Crippen molar-refractivity contribution in [3.05, 3.63) is 80.5 Å². The fourth-order valence-corrected chi connectivity index (χ4v) is 4.10. The zero-order valence-electron chi connectivity index (χ0n) is 18.9. The van der Waals surface area contributed by atoms with Gasteiger partial charge in [0, 0.05) is 12.1 Å². The lowest BCUT2D eigenvalue weighted by Crippen LogP contribution is -2.55. The van der Waals surface area contributed by atoms with Crippen LogP contribution < -0.4 is 26.5 Å². The van der Waals surface area contributed by atoms with Gasteiger partial charge >= 0.3 is 17.1 Å². The van der Waals surface area contributed by atoms with Crippen molar-refractivity contribution in [3.63, 3.8) is 0 Å². The molecule has 1 amide bonds. The number of ether oxygens (including phenoxy) is 2. The van der Waals surface area contributed by atoms with E-state index in [0.29, 0.717) is 24.5 Å². The number of carbonyl (C=O) groups excluding carboxylic acids is 1. The van der Waals surface area contributed by atoms with Gasteiger partial charge in [0.15, 0.2) is 0 Å². The Morgan fingerprint density at radius 3 is 2.15 bits per heavy atom. The standard InChI is InChI=1S/C23H28N4O6/c1-5-11-25-21(29)26(12-6-2)23(31)27(22(25)30)15-20(28)24-13-7-8-18(24)17-14-16(32-3)9-10-19(17)33-4/h5-6,9-10,14,18H,1-2,7-8,11-13,15H2,3-4H3. The van der Waals surface area contributed by atoms with Crippen LogP contribution in [0, 0.1) is 0 Å². The summed E-state index contributed by atoms with van der Waals surface area (Å²) in [6.07, 6.45) is 4.20. The molecule has 176 valence electrons. The van der Waals surface area contributed by atoms with Gasteiger partial charge in [-0.25, -0.2) is 28.1 Å². The second kappa shape index (κ2) is 10.2. The Bertz CT molecular complexity index is 1190. The van der Waals surface area contributed by atoms with E-state index in [4.69, 9.17) is 9.47 Å². The van der Waals surface area contributed by atoms with Crippen LogP contribution in [0.15, 0.2) is 57.9 Å². The summed E-state index contributed by atoms with van der Waals surface area (Å²) in [5.41, 5.74) is -1.69. The molecule has 1 aromatic carbocycles. The van der Waals surface area contributed by atoms with E-state index >= 15 is 0 Å². The first-order valence-electron chi connectivity index (χ1n) is 10.6. The molecule has 0 radical (unpaired) electrons. The molecule has 0 N–H and O–H groups in total. The molecule has 1 aromatic heterocycles. The number of carbonyl (C=O) groups is 1. The molecular formula is C23H28N4O6. The number of hydrogen-bond donors (Lipinski definition) is 0. The Balaban J connectivity index is 2.01. The Morgan fingerprint density at radius 2 is 1.61 bits per heavy atom. The van der Waals surface area contributed by atoms with E-state index in [9.17, 15) is 19.2 Å². The second-order valence-electron chi connectivity index (χ2n) is 7.59. The average Bonchev–Trinajstić information content (AvgIpc) is 3.31. The number of aromatic nitrogens is 3. The minimum Gasteiger partial charge on any atom is -0.497 e. The van der Waals surface area contributed by atoms with Gasteiger partial charge in [-0.15, -0.1) is 13.2 Å². The van der Waals surface area contributed by atoms with Gasteiger partial charge in [0.05, 0.1) is 33.4 Å². The topological polar surface area (TPSA) is 105 Å². The molecule has 3 rings (SSSR count). The first-order chi connectivity index (χ1) is 15.9. The van der Waals surface area contributed by atoms with Crippen molar-refractivity contribution in [3.8, 4) is 11.5 Å². The highest BCUT2D eigenvalue weighted by molar-refractivity contribution is 5.77. The number of methoxy groups -OCH3 is 2. The van der Waals surface area contributed by atoms with Gasteiger partial charge in [0.2, 0.25) is 5.91 Å². The van der Waals surface area contributed by atoms with Gasteiger partial charge in [-0.2, -0.15) is 0 Å². The molecule has 1 aliphatic heterocycles. The van der Waals surface area contributed by atoms with Crippen LogP contribution in [0.5, 0.6) is 11.5 Å². The maximum absolute atomic E-state index is 13.3. The minimum atomic E-state index is -0.853. The quantitative estimate of drug-likeness (QED) is 0.520. The lowest BCUT2D eigenvalue weighted by molar-refractivity contribution is -0.133. The highest BCUT2D eigenvalue weighted by Gasteiger charge is 2.33. The molecular weight excluding hydrogens is 428 g/mol. The molecule has 1 saturated heterocycles. The number of nitrogens with zero attached hydrogens (tertiary/aromatic N) is 4. The monoisotopic (exact) mass is 456 g/mol. The molecule has 33 heavy (non-hydrogen) atoms. The smallest absolute Gasteiger partial charge is 0.337 e. The predicted molar refractivity (Wildman–Crippen MR) is 123 cm³/mol. The summed E-state index contributed by atoms with van der Waals surface area (Å²) in [4.78, 5) is 53.2. The van der Waals surface area contributed by atoms with Crippen molar-refractivity contribution in [1.29, 1.82) is 0 Å². The van der Waals surface area contributed by atoms with Crippen LogP contribution in [-0.2, 0) is 24.4 Å². The fourth-order valence-electron chi connectivity index (χ4n) is 4.10. The van der Waals surface area contributed by atoms with E-state index in [1.54, 1.807) is 31.3 Å². The van der Waals surface area contributed by atoms with E-state index in [2.05, 4.69) is 13.2 Å². The van der Waals surface area contributed by atoms with Crippen LogP contribution in [0.1, 0.15) is 24.4 Å². The van der Waals surface area contributed by atoms with Crippen molar-refractivity contribution >= 4 is 5.91 Å². The molecule has 10 nitrogen and oxygen atoms in total. The van der Waals surface area contributed by atoms with Crippen LogP contribution in [0.2, 0.25) is 0 Å². The summed E-state index contributed by atoms with van der Waals surface area (Å²) in [7, 11) is 3.11. The van der Waals surface area contributed by atoms with Gasteiger partial charge in [-0.1, -0.05) is 12.2 Å². The Labute approximate surface area is 190 Å². The number of likely N-dealkylation sites (tertiary alicyclic amines) is 1. The molecule has 2 heterocycles. The van der Waals surface area contributed by atoms with Crippen LogP contribution in [0.4, 0.5) is 0 Å². The van der Waals surface area contributed by atoms with Gasteiger partial charge < -0.3 is 14.4 Å². The summed E-state index contributed by atoms with van der Waals surface area (Å²) in [5.74, 6) is 0.839. The van der Waals surface area contributed by atoms with Crippen LogP contribution in [0.3, 0.4) is 0 Å². The number of allylic oxidation sites excluding steroid dienone is 2. The van der Waals surface area contributed by atoms with E-state index in [0.717, 1.165) is 25.7 Å². The lowest BCUT2D eigenvalue weighted by atomic mass is 10.0. The lowest BCUT2D eigenvalue weighted by Gasteiger charge is -2.27. The molecule has 1 atom stereocenters. The van der Waals surface area contributed by atoms with Crippen molar-refractivity contribution in [2.24, 2.45) is 0 Å². The van der Waals surface area contributed by atoms with Crippen molar-refractivity contribution in [2.45, 2.75) is 38.5 Å². The molecule has 0 aliphatic carbocycles. The van der Waals surface area contributed by atoms with E-state index < -0.39 is 29.5 Å². The second-order valence-corrected chi connectivity index (χ2v) is 7.59. The van der Waals surface area contributed by atoms with Crippen molar-refractivity contribution < 1.29 is 14.3 Å². The Kier molecular flexibility index (Phi) is 7.37. The summed E-state index contributed by atoms with van der Waals surface area (Å²) in [6.45, 7) is 6.90. The highest BCUT2D eigenvalue weighted by Crippen LogP contribution is 2.38. The van der Waals surface area contributed by atoms with Crippen molar-refractivity contribution in [2.75, 3.05) is 20.8 Å². The van der Waals surface area contributed by atoms with Crippen LogP contribution in [0.25, 0.3) is 0 Å². The molecule has 0 saturated carbocycles. The Morgan fingerprint density at radius 1 is 1.00 bits per heavy atom. The van der Waals surface area contributed by atoms with Gasteiger partial charge in [-0.3, -0.25) is 4.79 Å². The fraction of sp³-hybridized carbons (Fsp3) is 0.391. The average molecular weight is 456 g/mol. The number of hydrogen-bond acceptors (Lipinski definition) is 6.